The van der Waals surface area contributed by atoms with E-state index in [0.717, 1.165) is 18.7 Å². The van der Waals surface area contributed by atoms with Gasteiger partial charge in [-0.05, 0) is 19.2 Å². The Hall–Kier alpha value is -1.50. The minimum atomic E-state index is -0.0976. The molecule has 3 N–H and O–H groups in total. The van der Waals surface area contributed by atoms with Gasteiger partial charge in [-0.15, -0.1) is 0 Å². The number of methoxy groups -OCH3 is 1. The van der Waals surface area contributed by atoms with Crippen molar-refractivity contribution in [2.45, 2.75) is 0 Å². The summed E-state index contributed by atoms with van der Waals surface area (Å²) < 4.78 is 4.99. The van der Waals surface area contributed by atoms with Gasteiger partial charge in [0.25, 0.3) is 5.91 Å². The first kappa shape index (κ1) is 16.6. The molecule has 0 fully saturated rings. The molecule has 110 valence electrons. The van der Waals surface area contributed by atoms with Gasteiger partial charge in [-0.2, -0.15) is 0 Å². The molecule has 0 saturated carbocycles. The van der Waals surface area contributed by atoms with Crippen LogP contribution < -0.4 is 11.1 Å². The number of hydrogen-bond acceptors (Lipinski definition) is 4. The number of thiocarbonyl (C=S) groups is 1. The molecule has 1 rings (SSSR count). The van der Waals surface area contributed by atoms with E-state index in [-0.39, 0.29) is 5.91 Å². The molecule has 1 aromatic carbocycles. The number of amides is 1. The third-order valence-corrected chi connectivity index (χ3v) is 3.12. The minimum absolute atomic E-state index is 0.0976. The Morgan fingerprint density at radius 1 is 1.30 bits per heavy atom. The van der Waals surface area contributed by atoms with Crippen LogP contribution in [-0.2, 0) is 4.74 Å². The topological polar surface area (TPSA) is 67.6 Å². The Morgan fingerprint density at radius 2 is 1.90 bits per heavy atom. The lowest BCUT2D eigenvalue weighted by Crippen LogP contribution is -2.34. The van der Waals surface area contributed by atoms with Crippen LogP contribution in [0, 0.1) is 0 Å². The van der Waals surface area contributed by atoms with Crippen LogP contribution in [0.15, 0.2) is 24.3 Å². The number of hydrogen-bond donors (Lipinski definition) is 2. The van der Waals surface area contributed by atoms with Gasteiger partial charge in [0.2, 0.25) is 0 Å². The van der Waals surface area contributed by atoms with Crippen LogP contribution >= 0.6 is 12.2 Å². The number of rotatable bonds is 8. The molecule has 0 radical (unpaired) electrons. The monoisotopic (exact) mass is 295 g/mol. The third kappa shape index (κ3) is 5.64. The number of carbonyl (C=O) groups is 1. The van der Waals surface area contributed by atoms with Crippen LogP contribution in [0.3, 0.4) is 0 Å². The SMILES string of the molecule is COCCN(C)CCNC(=O)c1ccc(C(N)=S)cc1. The smallest absolute Gasteiger partial charge is 0.251 e. The van der Waals surface area contributed by atoms with E-state index in [4.69, 9.17) is 22.7 Å². The van der Waals surface area contributed by atoms with Crippen LogP contribution in [0.25, 0.3) is 0 Å². The molecule has 0 aliphatic carbocycles. The van der Waals surface area contributed by atoms with Gasteiger partial charge in [-0.3, -0.25) is 4.79 Å². The lowest BCUT2D eigenvalue weighted by molar-refractivity contribution is 0.0947. The Balaban J connectivity index is 2.37. The van der Waals surface area contributed by atoms with Crippen molar-refractivity contribution in [3.8, 4) is 0 Å². The minimum Gasteiger partial charge on any atom is -0.389 e. The zero-order valence-electron chi connectivity index (χ0n) is 11.9. The second kappa shape index (κ2) is 8.63. The zero-order valence-corrected chi connectivity index (χ0v) is 12.7. The molecule has 0 saturated heterocycles. The number of likely N-dealkylation sites (N-methyl/N-ethyl adjacent to an activating group) is 1. The van der Waals surface area contributed by atoms with Crippen molar-refractivity contribution in [1.29, 1.82) is 0 Å². The van der Waals surface area contributed by atoms with Gasteiger partial charge in [0, 0.05) is 37.9 Å². The summed E-state index contributed by atoms with van der Waals surface area (Å²) in [5.74, 6) is -0.0976. The van der Waals surface area contributed by atoms with E-state index >= 15 is 0 Å². The highest BCUT2D eigenvalue weighted by molar-refractivity contribution is 7.80. The van der Waals surface area contributed by atoms with E-state index < -0.39 is 0 Å². The highest BCUT2D eigenvalue weighted by atomic mass is 32.1. The molecular weight excluding hydrogens is 274 g/mol. The van der Waals surface area contributed by atoms with Gasteiger partial charge in [0.1, 0.15) is 4.99 Å². The molecule has 0 unspecified atom stereocenters. The fraction of sp³-hybridized carbons (Fsp3) is 0.429. The van der Waals surface area contributed by atoms with E-state index in [9.17, 15) is 4.79 Å². The van der Waals surface area contributed by atoms with Crippen molar-refractivity contribution in [3.63, 3.8) is 0 Å². The Kier molecular flexibility index (Phi) is 7.14. The van der Waals surface area contributed by atoms with Gasteiger partial charge in [0.15, 0.2) is 0 Å². The molecule has 1 aromatic rings. The first-order chi connectivity index (χ1) is 9.54. The molecule has 0 aromatic heterocycles. The van der Waals surface area contributed by atoms with Crippen LogP contribution in [0.5, 0.6) is 0 Å². The second-order valence-corrected chi connectivity index (χ2v) is 4.93. The summed E-state index contributed by atoms with van der Waals surface area (Å²) in [5, 5.41) is 2.87. The van der Waals surface area contributed by atoms with Crippen LogP contribution in [0.1, 0.15) is 15.9 Å². The standard InChI is InChI=1S/C14H21N3O2S/c1-17(9-10-19-2)8-7-16-14(18)12-5-3-11(4-6-12)13(15)20/h3-6H,7-10H2,1-2H3,(H2,15,20)(H,16,18). The molecule has 0 aliphatic rings. The number of ether oxygens (including phenoxy) is 1. The summed E-state index contributed by atoms with van der Waals surface area (Å²) in [4.78, 5) is 14.3. The van der Waals surface area contributed by atoms with Gasteiger partial charge in [0.05, 0.1) is 6.61 Å². The number of nitrogens with zero attached hydrogens (tertiary/aromatic N) is 1. The predicted octanol–water partition coefficient (Wildman–Crippen LogP) is 0.629. The van der Waals surface area contributed by atoms with E-state index in [0.29, 0.717) is 23.7 Å². The van der Waals surface area contributed by atoms with Gasteiger partial charge < -0.3 is 20.7 Å². The fourth-order valence-corrected chi connectivity index (χ4v) is 1.74. The van der Waals surface area contributed by atoms with Crippen molar-refractivity contribution in [1.82, 2.24) is 10.2 Å². The second-order valence-electron chi connectivity index (χ2n) is 4.49. The lowest BCUT2D eigenvalue weighted by atomic mass is 10.1. The largest absolute Gasteiger partial charge is 0.389 e. The summed E-state index contributed by atoms with van der Waals surface area (Å²) in [5.41, 5.74) is 6.87. The maximum Gasteiger partial charge on any atom is 0.251 e. The normalized spacial score (nSPS) is 10.6. The van der Waals surface area contributed by atoms with Crippen LogP contribution in [-0.4, -0.2) is 56.2 Å². The molecule has 5 nitrogen and oxygen atoms in total. The Bertz CT molecular complexity index is 448. The van der Waals surface area contributed by atoms with Crippen molar-refractivity contribution in [2.75, 3.05) is 40.4 Å². The van der Waals surface area contributed by atoms with E-state index in [1.807, 2.05) is 7.05 Å². The first-order valence-electron chi connectivity index (χ1n) is 6.40. The summed E-state index contributed by atoms with van der Waals surface area (Å²) >= 11 is 4.87. The molecule has 0 bridgehead atoms. The van der Waals surface area contributed by atoms with Crippen LogP contribution in [0.2, 0.25) is 0 Å². The molecule has 0 atom stereocenters. The molecule has 0 heterocycles. The molecule has 0 spiro atoms. The highest BCUT2D eigenvalue weighted by Gasteiger charge is 2.06. The fourth-order valence-electron chi connectivity index (χ4n) is 1.61. The maximum absolute atomic E-state index is 11.9. The van der Waals surface area contributed by atoms with Gasteiger partial charge in [-0.25, -0.2) is 0 Å². The molecule has 1 amide bonds. The van der Waals surface area contributed by atoms with E-state index in [2.05, 4.69) is 10.2 Å². The molecule has 20 heavy (non-hydrogen) atoms. The number of nitrogens with two attached hydrogens (primary N) is 1. The quantitative estimate of drug-likeness (QED) is 0.689. The summed E-state index contributed by atoms with van der Waals surface area (Å²) in [6.45, 7) is 2.90. The predicted molar refractivity (Wildman–Crippen MR) is 84.0 cm³/mol. The average molecular weight is 295 g/mol. The van der Waals surface area contributed by atoms with Crippen molar-refractivity contribution < 1.29 is 9.53 Å². The van der Waals surface area contributed by atoms with Crippen molar-refractivity contribution >= 4 is 23.1 Å². The molecular formula is C14H21N3O2S. The Labute approximate surface area is 125 Å². The number of nitrogens with one attached hydrogen (secondary N) is 1. The lowest BCUT2D eigenvalue weighted by Gasteiger charge is -2.16. The summed E-state index contributed by atoms with van der Waals surface area (Å²) in [6, 6.07) is 6.95. The van der Waals surface area contributed by atoms with Crippen molar-refractivity contribution in [2.24, 2.45) is 5.73 Å². The number of benzene rings is 1. The van der Waals surface area contributed by atoms with Gasteiger partial charge in [-0.1, -0.05) is 24.4 Å². The van der Waals surface area contributed by atoms with Crippen LogP contribution in [0.4, 0.5) is 0 Å². The van der Waals surface area contributed by atoms with Crippen molar-refractivity contribution in [3.05, 3.63) is 35.4 Å². The highest BCUT2D eigenvalue weighted by Crippen LogP contribution is 2.04. The average Bonchev–Trinajstić information content (AvgIpc) is 2.45. The molecule has 0 aliphatic heterocycles. The summed E-state index contributed by atoms with van der Waals surface area (Å²) in [6.07, 6.45) is 0. The maximum atomic E-state index is 11.9. The first-order valence-corrected chi connectivity index (χ1v) is 6.81. The van der Waals surface area contributed by atoms with E-state index in [1.165, 1.54) is 0 Å². The Morgan fingerprint density at radius 3 is 2.45 bits per heavy atom. The summed E-state index contributed by atoms with van der Waals surface area (Å²) in [7, 11) is 3.66. The van der Waals surface area contributed by atoms with Gasteiger partial charge >= 0.3 is 0 Å². The molecule has 6 heteroatoms. The number of carbonyl (C=O) groups excluding carboxylic acids is 1. The van der Waals surface area contributed by atoms with E-state index in [1.54, 1.807) is 31.4 Å². The zero-order chi connectivity index (χ0) is 15.0. The third-order valence-electron chi connectivity index (χ3n) is 2.89.